The molecule has 102 valence electrons. The van der Waals surface area contributed by atoms with Gasteiger partial charge in [-0.2, -0.15) is 0 Å². The molecule has 8 heteroatoms. The van der Waals surface area contributed by atoms with Gasteiger partial charge in [-0.05, 0) is 12.5 Å². The number of hydrogen-bond donors (Lipinski definition) is 2. The van der Waals surface area contributed by atoms with Crippen LogP contribution in [0.15, 0.2) is 18.2 Å². The van der Waals surface area contributed by atoms with E-state index in [9.17, 15) is 19.7 Å². The number of amides is 1. The smallest absolute Gasteiger partial charge is 0.303 e. The van der Waals surface area contributed by atoms with Gasteiger partial charge in [0.1, 0.15) is 5.56 Å². The number of nitro groups is 1. The van der Waals surface area contributed by atoms with Crippen molar-refractivity contribution in [2.75, 3.05) is 6.54 Å². The molecule has 0 fully saturated rings. The minimum atomic E-state index is -0.974. The van der Waals surface area contributed by atoms with Crippen LogP contribution in [0.4, 0.5) is 5.69 Å². The Hall–Kier alpha value is -2.15. The summed E-state index contributed by atoms with van der Waals surface area (Å²) < 4.78 is 0. The van der Waals surface area contributed by atoms with Gasteiger partial charge >= 0.3 is 5.97 Å². The highest BCUT2D eigenvalue weighted by molar-refractivity contribution is 6.34. The van der Waals surface area contributed by atoms with Gasteiger partial charge in [0.2, 0.25) is 0 Å². The molecule has 0 unspecified atom stereocenters. The molecular weight excluding hydrogens is 276 g/mol. The highest BCUT2D eigenvalue weighted by Gasteiger charge is 2.22. The van der Waals surface area contributed by atoms with E-state index in [-0.39, 0.29) is 35.7 Å². The number of nitrogens with one attached hydrogen (secondary N) is 1. The number of nitrogens with zero attached hydrogens (tertiary/aromatic N) is 1. The van der Waals surface area contributed by atoms with Gasteiger partial charge in [-0.15, -0.1) is 0 Å². The second-order valence-corrected chi connectivity index (χ2v) is 4.05. The van der Waals surface area contributed by atoms with Gasteiger partial charge in [0.25, 0.3) is 11.6 Å². The summed E-state index contributed by atoms with van der Waals surface area (Å²) >= 11 is 5.77. The zero-order valence-corrected chi connectivity index (χ0v) is 10.5. The van der Waals surface area contributed by atoms with Gasteiger partial charge in [0.05, 0.1) is 9.95 Å². The van der Waals surface area contributed by atoms with Crippen molar-refractivity contribution in [3.8, 4) is 0 Å². The lowest BCUT2D eigenvalue weighted by Crippen LogP contribution is -2.26. The Balaban J connectivity index is 2.76. The van der Waals surface area contributed by atoms with Gasteiger partial charge < -0.3 is 10.4 Å². The van der Waals surface area contributed by atoms with Crippen LogP contribution in [-0.4, -0.2) is 28.5 Å². The fraction of sp³-hybridized carbons (Fsp3) is 0.273. The van der Waals surface area contributed by atoms with Crippen molar-refractivity contribution in [1.82, 2.24) is 5.32 Å². The van der Waals surface area contributed by atoms with Gasteiger partial charge in [0, 0.05) is 19.0 Å². The van der Waals surface area contributed by atoms with Gasteiger partial charge in [-0.3, -0.25) is 19.7 Å². The molecule has 0 spiro atoms. The summed E-state index contributed by atoms with van der Waals surface area (Å²) in [5.74, 6) is -1.67. The number of aliphatic carboxylic acids is 1. The van der Waals surface area contributed by atoms with Crippen LogP contribution in [-0.2, 0) is 4.79 Å². The molecule has 0 aliphatic carbocycles. The van der Waals surface area contributed by atoms with E-state index in [0.717, 1.165) is 0 Å². The Kier molecular flexibility index (Phi) is 5.25. The van der Waals surface area contributed by atoms with Crippen molar-refractivity contribution in [1.29, 1.82) is 0 Å². The number of benzene rings is 1. The Morgan fingerprint density at radius 1 is 1.42 bits per heavy atom. The monoisotopic (exact) mass is 286 g/mol. The lowest BCUT2D eigenvalue weighted by molar-refractivity contribution is -0.385. The molecule has 1 rings (SSSR count). The second kappa shape index (κ2) is 6.69. The van der Waals surface area contributed by atoms with E-state index in [0.29, 0.717) is 0 Å². The van der Waals surface area contributed by atoms with Crippen molar-refractivity contribution in [2.45, 2.75) is 12.8 Å². The van der Waals surface area contributed by atoms with Crippen molar-refractivity contribution in [3.05, 3.63) is 38.9 Å². The van der Waals surface area contributed by atoms with Crippen LogP contribution in [0.3, 0.4) is 0 Å². The molecule has 0 bridgehead atoms. The normalized spacial score (nSPS) is 9.95. The minimum Gasteiger partial charge on any atom is -0.481 e. The first kappa shape index (κ1) is 14.9. The summed E-state index contributed by atoms with van der Waals surface area (Å²) in [6.07, 6.45) is 0.143. The van der Waals surface area contributed by atoms with Crippen LogP contribution < -0.4 is 5.32 Å². The van der Waals surface area contributed by atoms with E-state index in [1.165, 1.54) is 18.2 Å². The standard InChI is InChI=1S/C11H11ClN2O5/c12-7-3-1-4-8(14(18)19)10(7)11(17)13-6-2-5-9(15)16/h1,3-4H,2,5-6H2,(H,13,17)(H,15,16). The maximum absolute atomic E-state index is 11.8. The maximum Gasteiger partial charge on any atom is 0.303 e. The van der Waals surface area contributed by atoms with Crippen molar-refractivity contribution in [3.63, 3.8) is 0 Å². The van der Waals surface area contributed by atoms with E-state index in [1.807, 2.05) is 0 Å². The molecule has 0 aromatic heterocycles. The number of nitro benzene ring substituents is 1. The van der Waals surface area contributed by atoms with Gasteiger partial charge in [-0.25, -0.2) is 0 Å². The van der Waals surface area contributed by atoms with Crippen LogP contribution in [0.5, 0.6) is 0 Å². The van der Waals surface area contributed by atoms with E-state index < -0.39 is 16.8 Å². The first-order valence-electron chi connectivity index (χ1n) is 5.36. The summed E-state index contributed by atoms with van der Waals surface area (Å²) in [5.41, 5.74) is -0.604. The first-order chi connectivity index (χ1) is 8.93. The lowest BCUT2D eigenvalue weighted by atomic mass is 10.1. The van der Waals surface area contributed by atoms with E-state index in [2.05, 4.69) is 5.32 Å². The molecule has 0 atom stereocenters. The number of rotatable bonds is 6. The number of carboxylic acids is 1. The van der Waals surface area contributed by atoms with E-state index in [4.69, 9.17) is 16.7 Å². The van der Waals surface area contributed by atoms with Crippen LogP contribution in [0.25, 0.3) is 0 Å². The molecule has 2 N–H and O–H groups in total. The lowest BCUT2D eigenvalue weighted by Gasteiger charge is -2.06. The minimum absolute atomic E-state index is 0.0232. The average Bonchev–Trinajstić information content (AvgIpc) is 2.33. The molecule has 0 aliphatic rings. The van der Waals surface area contributed by atoms with Crippen molar-refractivity contribution in [2.24, 2.45) is 0 Å². The van der Waals surface area contributed by atoms with Crippen LogP contribution in [0, 0.1) is 10.1 Å². The highest BCUT2D eigenvalue weighted by Crippen LogP contribution is 2.25. The Morgan fingerprint density at radius 2 is 2.11 bits per heavy atom. The van der Waals surface area contributed by atoms with E-state index >= 15 is 0 Å². The molecule has 7 nitrogen and oxygen atoms in total. The number of carbonyl (C=O) groups excluding carboxylic acids is 1. The number of carbonyl (C=O) groups is 2. The molecule has 1 aromatic carbocycles. The van der Waals surface area contributed by atoms with Crippen LogP contribution in [0.1, 0.15) is 23.2 Å². The number of halogens is 1. The molecular formula is C11H11ClN2O5. The zero-order chi connectivity index (χ0) is 14.4. The van der Waals surface area contributed by atoms with E-state index in [1.54, 1.807) is 0 Å². The van der Waals surface area contributed by atoms with Gasteiger partial charge in [-0.1, -0.05) is 17.7 Å². The Bertz CT molecular complexity index is 518. The SMILES string of the molecule is O=C(O)CCCNC(=O)c1c(Cl)cccc1[N+](=O)[O-]. The third-order valence-electron chi connectivity index (χ3n) is 2.27. The molecule has 19 heavy (non-hydrogen) atoms. The fourth-order valence-corrected chi connectivity index (χ4v) is 1.67. The average molecular weight is 287 g/mol. The third kappa shape index (κ3) is 4.22. The Morgan fingerprint density at radius 3 is 2.68 bits per heavy atom. The van der Waals surface area contributed by atoms with Crippen molar-refractivity contribution >= 4 is 29.2 Å². The molecule has 0 saturated carbocycles. The maximum atomic E-state index is 11.8. The Labute approximate surface area is 113 Å². The molecule has 0 aliphatic heterocycles. The van der Waals surface area contributed by atoms with Gasteiger partial charge in [0.15, 0.2) is 0 Å². The molecule has 0 saturated heterocycles. The molecule has 0 radical (unpaired) electrons. The topological polar surface area (TPSA) is 110 Å². The molecule has 0 heterocycles. The molecule has 1 amide bonds. The summed E-state index contributed by atoms with van der Waals surface area (Å²) in [7, 11) is 0. The first-order valence-corrected chi connectivity index (χ1v) is 5.74. The number of hydrogen-bond acceptors (Lipinski definition) is 4. The number of carboxylic acid groups (broad SMARTS) is 1. The quantitative estimate of drug-likeness (QED) is 0.471. The largest absolute Gasteiger partial charge is 0.481 e. The predicted octanol–water partition coefficient (Wildman–Crippen LogP) is 1.84. The predicted molar refractivity (Wildman–Crippen MR) is 67.3 cm³/mol. The summed E-state index contributed by atoms with van der Waals surface area (Å²) in [5, 5.41) is 21.6. The summed E-state index contributed by atoms with van der Waals surface area (Å²) in [4.78, 5) is 32.2. The molecule has 1 aromatic rings. The zero-order valence-electron chi connectivity index (χ0n) is 9.76. The fourth-order valence-electron chi connectivity index (χ4n) is 1.42. The summed E-state index contributed by atoms with van der Waals surface area (Å²) in [6, 6.07) is 3.93. The summed E-state index contributed by atoms with van der Waals surface area (Å²) in [6.45, 7) is 0.105. The van der Waals surface area contributed by atoms with Crippen LogP contribution in [0.2, 0.25) is 5.02 Å². The van der Waals surface area contributed by atoms with Crippen LogP contribution >= 0.6 is 11.6 Å². The highest BCUT2D eigenvalue weighted by atomic mass is 35.5. The van der Waals surface area contributed by atoms with Crippen molar-refractivity contribution < 1.29 is 19.6 Å². The second-order valence-electron chi connectivity index (χ2n) is 3.64. The third-order valence-corrected chi connectivity index (χ3v) is 2.58.